The van der Waals surface area contributed by atoms with Gasteiger partial charge in [0.25, 0.3) is 5.91 Å². The molecule has 28 heavy (non-hydrogen) atoms. The number of rotatable bonds is 7. The largest absolute Gasteiger partial charge is 0.496 e. The molecule has 0 bridgehead atoms. The lowest BCUT2D eigenvalue weighted by atomic mass is 10.0. The molecule has 0 saturated carbocycles. The number of hydrogen-bond acceptors (Lipinski definition) is 5. The molecule has 6 nitrogen and oxygen atoms in total. The van der Waals surface area contributed by atoms with Gasteiger partial charge in [-0.1, -0.05) is 25.5 Å². The maximum absolute atomic E-state index is 12.6. The highest BCUT2D eigenvalue weighted by molar-refractivity contribution is 6.05. The molecular formula is C22H24N2O4. The van der Waals surface area contributed by atoms with Gasteiger partial charge in [-0.15, -0.1) is 0 Å². The lowest BCUT2D eigenvalue weighted by Crippen LogP contribution is -2.20. The van der Waals surface area contributed by atoms with E-state index in [2.05, 4.69) is 5.32 Å². The van der Waals surface area contributed by atoms with Crippen LogP contribution in [-0.4, -0.2) is 19.6 Å². The van der Waals surface area contributed by atoms with E-state index >= 15 is 0 Å². The summed E-state index contributed by atoms with van der Waals surface area (Å²) in [6.45, 7) is 2.60. The summed E-state index contributed by atoms with van der Waals surface area (Å²) in [5.41, 5.74) is 7.83. The average molecular weight is 380 g/mol. The molecular weight excluding hydrogens is 356 g/mol. The van der Waals surface area contributed by atoms with E-state index in [0.29, 0.717) is 35.4 Å². The van der Waals surface area contributed by atoms with Crippen LogP contribution in [0.1, 0.15) is 34.8 Å². The highest BCUT2D eigenvalue weighted by Crippen LogP contribution is 2.29. The van der Waals surface area contributed by atoms with Gasteiger partial charge < -0.3 is 20.2 Å². The molecule has 0 radical (unpaired) electrons. The van der Waals surface area contributed by atoms with Crippen molar-refractivity contribution in [2.45, 2.75) is 26.2 Å². The maximum Gasteiger partial charge on any atom is 0.349 e. The minimum Gasteiger partial charge on any atom is -0.496 e. The number of hydrogen-bond donors (Lipinski definition) is 2. The molecule has 0 aliphatic heterocycles. The summed E-state index contributed by atoms with van der Waals surface area (Å²) in [6.07, 6.45) is 2.36. The Kier molecular flexibility index (Phi) is 6.11. The Morgan fingerprint density at radius 1 is 1.14 bits per heavy atom. The fourth-order valence-electron chi connectivity index (χ4n) is 3.18. The molecule has 2 aromatic carbocycles. The third-order valence-corrected chi connectivity index (χ3v) is 4.57. The summed E-state index contributed by atoms with van der Waals surface area (Å²) in [7, 11) is 1.58. The number of nitrogens with two attached hydrogens (primary N) is 1. The smallest absolute Gasteiger partial charge is 0.349 e. The summed E-state index contributed by atoms with van der Waals surface area (Å²) >= 11 is 0. The summed E-state index contributed by atoms with van der Waals surface area (Å²) < 4.78 is 10.9. The first kappa shape index (κ1) is 19.6. The molecule has 1 heterocycles. The third kappa shape index (κ3) is 4.07. The summed E-state index contributed by atoms with van der Waals surface area (Å²) in [4.78, 5) is 25.1. The highest BCUT2D eigenvalue weighted by atomic mass is 16.5. The van der Waals surface area contributed by atoms with Crippen molar-refractivity contribution in [3.8, 4) is 5.75 Å². The van der Waals surface area contributed by atoms with Crippen molar-refractivity contribution in [3.05, 3.63) is 69.6 Å². The standard InChI is InChI=1S/C22H24N2O4/c1-3-4-17-19(27-2)10-7-15-13-18(22(26)28-20(15)17)21(25)24-16-8-5-14(6-9-16)11-12-23/h5-10,13H,3-4,11-12,23H2,1-2H3,(H,24,25). The fourth-order valence-corrected chi connectivity index (χ4v) is 3.18. The van der Waals surface area contributed by atoms with E-state index in [1.54, 1.807) is 31.4 Å². The average Bonchev–Trinajstić information content (AvgIpc) is 2.70. The molecule has 0 aliphatic rings. The van der Waals surface area contributed by atoms with Gasteiger partial charge >= 0.3 is 5.63 Å². The maximum atomic E-state index is 12.6. The fraction of sp³-hybridized carbons (Fsp3) is 0.273. The molecule has 0 unspecified atom stereocenters. The number of amides is 1. The van der Waals surface area contributed by atoms with E-state index in [1.807, 2.05) is 25.1 Å². The van der Waals surface area contributed by atoms with Gasteiger partial charge in [-0.25, -0.2) is 4.79 Å². The van der Waals surface area contributed by atoms with Crippen LogP contribution < -0.4 is 21.4 Å². The predicted molar refractivity (Wildman–Crippen MR) is 110 cm³/mol. The van der Waals surface area contributed by atoms with Crippen LogP contribution in [0.3, 0.4) is 0 Å². The Bertz CT molecular complexity index is 1040. The molecule has 0 fully saturated rings. The van der Waals surface area contributed by atoms with Crippen molar-refractivity contribution in [2.24, 2.45) is 5.73 Å². The van der Waals surface area contributed by atoms with Crippen LogP contribution in [0.4, 0.5) is 5.69 Å². The van der Waals surface area contributed by atoms with Crippen molar-refractivity contribution < 1.29 is 13.9 Å². The zero-order valence-electron chi connectivity index (χ0n) is 16.1. The summed E-state index contributed by atoms with van der Waals surface area (Å²) in [5, 5.41) is 3.43. The van der Waals surface area contributed by atoms with Gasteiger partial charge in [-0.2, -0.15) is 0 Å². The molecule has 6 heteroatoms. The first-order valence-electron chi connectivity index (χ1n) is 9.31. The summed E-state index contributed by atoms with van der Waals surface area (Å²) in [5.74, 6) is 0.169. The second-order valence-electron chi connectivity index (χ2n) is 6.55. The normalized spacial score (nSPS) is 10.8. The van der Waals surface area contributed by atoms with Crippen molar-refractivity contribution in [2.75, 3.05) is 19.0 Å². The SMILES string of the molecule is CCCc1c(OC)ccc2cc(C(=O)Nc3ccc(CCN)cc3)c(=O)oc12. The van der Waals surface area contributed by atoms with Crippen molar-refractivity contribution in [3.63, 3.8) is 0 Å². The van der Waals surface area contributed by atoms with Crippen LogP contribution in [0.15, 0.2) is 51.7 Å². The number of nitrogens with one attached hydrogen (secondary N) is 1. The molecule has 3 rings (SSSR count). The monoisotopic (exact) mass is 380 g/mol. The van der Waals surface area contributed by atoms with E-state index in [4.69, 9.17) is 14.9 Å². The highest BCUT2D eigenvalue weighted by Gasteiger charge is 2.17. The lowest BCUT2D eigenvalue weighted by Gasteiger charge is -2.11. The van der Waals surface area contributed by atoms with Gasteiger partial charge in [0.2, 0.25) is 0 Å². The lowest BCUT2D eigenvalue weighted by molar-refractivity contribution is 0.102. The number of fused-ring (bicyclic) bond motifs is 1. The van der Waals surface area contributed by atoms with Crippen LogP contribution in [0.5, 0.6) is 5.75 Å². The Balaban J connectivity index is 1.93. The quantitative estimate of drug-likeness (QED) is 0.612. The number of carbonyl (C=O) groups excluding carboxylic acids is 1. The van der Waals surface area contributed by atoms with Gasteiger partial charge in [-0.3, -0.25) is 4.79 Å². The number of aryl methyl sites for hydroxylation is 1. The van der Waals surface area contributed by atoms with Gasteiger partial charge in [0, 0.05) is 16.6 Å². The minimum atomic E-state index is -0.671. The van der Waals surface area contributed by atoms with Crippen LogP contribution in [0.2, 0.25) is 0 Å². The van der Waals surface area contributed by atoms with Crippen molar-refractivity contribution in [1.82, 2.24) is 0 Å². The molecule has 1 aromatic heterocycles. The number of benzene rings is 2. The molecule has 0 saturated heterocycles. The predicted octanol–water partition coefficient (Wildman–Crippen LogP) is 3.51. The molecule has 3 N–H and O–H groups in total. The van der Waals surface area contributed by atoms with E-state index in [9.17, 15) is 9.59 Å². The van der Waals surface area contributed by atoms with Crippen molar-refractivity contribution in [1.29, 1.82) is 0 Å². The van der Waals surface area contributed by atoms with E-state index < -0.39 is 11.5 Å². The van der Waals surface area contributed by atoms with E-state index in [1.165, 1.54) is 0 Å². The Morgan fingerprint density at radius 3 is 2.54 bits per heavy atom. The second-order valence-corrected chi connectivity index (χ2v) is 6.55. The number of carbonyl (C=O) groups is 1. The number of anilines is 1. The Hall–Kier alpha value is -3.12. The third-order valence-electron chi connectivity index (χ3n) is 4.57. The topological polar surface area (TPSA) is 94.6 Å². The zero-order chi connectivity index (χ0) is 20.1. The van der Waals surface area contributed by atoms with Gasteiger partial charge in [0.05, 0.1) is 7.11 Å². The molecule has 0 atom stereocenters. The van der Waals surface area contributed by atoms with Crippen LogP contribution >= 0.6 is 0 Å². The molecule has 0 spiro atoms. The molecule has 1 amide bonds. The number of ether oxygens (including phenoxy) is 1. The van der Waals surface area contributed by atoms with Crippen LogP contribution in [-0.2, 0) is 12.8 Å². The number of methoxy groups -OCH3 is 1. The summed E-state index contributed by atoms with van der Waals surface area (Å²) in [6, 6.07) is 12.5. The second kappa shape index (κ2) is 8.71. The molecule has 146 valence electrons. The molecule has 0 aliphatic carbocycles. The van der Waals surface area contributed by atoms with Crippen LogP contribution in [0.25, 0.3) is 11.0 Å². The zero-order valence-corrected chi connectivity index (χ0v) is 16.1. The van der Waals surface area contributed by atoms with Gasteiger partial charge in [-0.05, 0) is 55.3 Å². The first-order valence-corrected chi connectivity index (χ1v) is 9.31. The van der Waals surface area contributed by atoms with Crippen LogP contribution in [0, 0.1) is 0 Å². The van der Waals surface area contributed by atoms with E-state index in [-0.39, 0.29) is 5.56 Å². The first-order chi connectivity index (χ1) is 13.6. The van der Waals surface area contributed by atoms with E-state index in [0.717, 1.165) is 24.0 Å². The molecule has 3 aromatic rings. The van der Waals surface area contributed by atoms with Crippen molar-refractivity contribution >= 4 is 22.6 Å². The Labute approximate surface area is 163 Å². The van der Waals surface area contributed by atoms with Gasteiger partial charge in [0.1, 0.15) is 16.9 Å². The minimum absolute atomic E-state index is 0.0360. The Morgan fingerprint density at radius 2 is 1.89 bits per heavy atom. The van der Waals surface area contributed by atoms with Gasteiger partial charge in [0.15, 0.2) is 0 Å².